The molecule has 0 bridgehead atoms. The molecule has 0 aliphatic carbocycles. The summed E-state index contributed by atoms with van der Waals surface area (Å²) < 4.78 is 34.8. The Hall–Kier alpha value is -5.57. The van der Waals surface area contributed by atoms with Crippen molar-refractivity contribution in [3.63, 3.8) is 0 Å². The number of anilines is 1. The maximum Gasteiger partial charge on any atom is 3.00 e. The van der Waals surface area contributed by atoms with Gasteiger partial charge < -0.3 is 30.3 Å². The normalized spacial score (nSPS) is 11.0. The number of non-ortho nitro benzene ring substituents is 2. The van der Waals surface area contributed by atoms with Crippen molar-refractivity contribution in [3.8, 4) is 23.0 Å². The first kappa shape index (κ1) is 49.8. The van der Waals surface area contributed by atoms with Crippen LogP contribution in [0.15, 0.2) is 135 Å². The molecule has 0 aromatic heterocycles. The number of nitro groups is 2. The summed E-state index contributed by atoms with van der Waals surface area (Å²) in [5.74, 6) is -2.85. The summed E-state index contributed by atoms with van der Waals surface area (Å²) >= 11 is 0. The number of azo groups is 2. The Morgan fingerprint density at radius 1 is 0.590 bits per heavy atom. The summed E-state index contributed by atoms with van der Waals surface area (Å²) in [5, 5.41) is 90.7. The number of nitro benzene ring substituents is 2. The minimum absolute atomic E-state index is 0. The van der Waals surface area contributed by atoms with Gasteiger partial charge in [0.25, 0.3) is 11.4 Å². The Kier molecular flexibility index (Phi) is 17.0. The molecule has 1 amide bonds. The molecule has 0 unspecified atom stereocenters. The number of carbonyl (C=O) groups is 1. The molecule has 0 spiro atoms. The van der Waals surface area contributed by atoms with Crippen LogP contribution >= 0.6 is 0 Å². The SMILES string of the molecule is CC(=O)Nc1cccc2ccc([O-])c(N=Nc3ccc([N+](=O)[O-])cc3[O-])c12.O=[N+]([O-])c1ccc2c(N=Nc3c([O-])ccc4ccccc34)c([O-])cc(S(=O)(=O)[O-])c2c1.[Cr+3].[Na+].[Na+]. The Labute approximate surface area is 399 Å². The molecule has 7 aromatic carbocycles. The number of fused-ring (bicyclic) bond motifs is 3. The molecule has 7 rings (SSSR count). The van der Waals surface area contributed by atoms with Crippen LogP contribution in [0.2, 0.25) is 0 Å². The third-order valence-corrected chi connectivity index (χ3v) is 9.19. The molecular weight excluding hydrogens is 876 g/mol. The summed E-state index contributed by atoms with van der Waals surface area (Å²) in [6.07, 6.45) is 0. The van der Waals surface area contributed by atoms with Gasteiger partial charge in [0.05, 0.1) is 43.2 Å². The number of nitrogens with one attached hydrogen (secondary N) is 1. The van der Waals surface area contributed by atoms with Crippen molar-refractivity contribution < 1.29 is 125 Å². The molecule has 0 atom stereocenters. The van der Waals surface area contributed by atoms with Crippen molar-refractivity contribution in [2.75, 3.05) is 5.32 Å². The van der Waals surface area contributed by atoms with E-state index in [9.17, 15) is 58.4 Å². The molecule has 19 nitrogen and oxygen atoms in total. The maximum absolute atomic E-state index is 12.5. The van der Waals surface area contributed by atoms with Crippen molar-refractivity contribution >= 4 is 88.2 Å². The third-order valence-electron chi connectivity index (χ3n) is 8.32. The second kappa shape index (κ2) is 20.8. The molecule has 61 heavy (non-hydrogen) atoms. The first-order chi connectivity index (χ1) is 27.5. The molecule has 0 aliphatic rings. The van der Waals surface area contributed by atoms with Crippen molar-refractivity contribution in [2.45, 2.75) is 11.8 Å². The van der Waals surface area contributed by atoms with Gasteiger partial charge >= 0.3 is 76.5 Å². The molecule has 7 aromatic rings. The Morgan fingerprint density at radius 3 is 1.77 bits per heavy atom. The van der Waals surface area contributed by atoms with E-state index < -0.39 is 53.5 Å². The number of hydrogen-bond donors (Lipinski definition) is 1. The monoisotopic (exact) mass is 898 g/mol. The fraction of sp³-hybridized carbons (Fsp3) is 0.0263. The van der Waals surface area contributed by atoms with Crippen LogP contribution in [0.3, 0.4) is 0 Å². The molecule has 0 saturated heterocycles. The second-order valence-corrected chi connectivity index (χ2v) is 13.5. The quantitative estimate of drug-likeness (QED) is 0.0723. The van der Waals surface area contributed by atoms with E-state index in [-0.39, 0.29) is 122 Å². The van der Waals surface area contributed by atoms with Crippen LogP contribution in [0, 0.1) is 20.2 Å². The molecule has 0 heterocycles. The largest absolute Gasteiger partial charge is 3.00 e. The average molecular weight is 899 g/mol. The van der Waals surface area contributed by atoms with E-state index >= 15 is 0 Å². The topological polar surface area (TPSA) is 314 Å². The van der Waals surface area contributed by atoms with Crippen LogP contribution in [0.4, 0.5) is 39.8 Å². The van der Waals surface area contributed by atoms with Crippen LogP contribution in [0.5, 0.6) is 23.0 Å². The zero-order chi connectivity index (χ0) is 41.9. The summed E-state index contributed by atoms with van der Waals surface area (Å²) in [4.78, 5) is 30.8. The van der Waals surface area contributed by atoms with Crippen LogP contribution in [-0.2, 0) is 32.3 Å². The Balaban J connectivity index is 0.000000313. The number of amides is 1. The second-order valence-electron chi connectivity index (χ2n) is 12.1. The van der Waals surface area contributed by atoms with Crippen molar-refractivity contribution in [1.82, 2.24) is 0 Å². The van der Waals surface area contributed by atoms with E-state index in [0.29, 0.717) is 33.3 Å². The van der Waals surface area contributed by atoms with Crippen molar-refractivity contribution in [1.29, 1.82) is 0 Å². The van der Waals surface area contributed by atoms with Gasteiger partial charge in [0.15, 0.2) is 0 Å². The van der Waals surface area contributed by atoms with Gasteiger partial charge in [0.2, 0.25) is 5.91 Å². The van der Waals surface area contributed by atoms with Crippen molar-refractivity contribution in [3.05, 3.63) is 129 Å². The number of carbonyl (C=O) groups excluding carboxylic acids is 1. The first-order valence-corrected chi connectivity index (χ1v) is 17.8. The number of rotatable bonds is 8. The van der Waals surface area contributed by atoms with Crippen LogP contribution in [0.1, 0.15) is 6.92 Å². The van der Waals surface area contributed by atoms with E-state index in [0.717, 1.165) is 36.4 Å². The molecular formula is C38H22CrN7Na2O12S. The maximum atomic E-state index is 12.5. The molecule has 0 aliphatic heterocycles. The smallest absolute Gasteiger partial charge is 0.871 e. The third kappa shape index (κ3) is 11.2. The summed E-state index contributed by atoms with van der Waals surface area (Å²) in [7, 11) is -5.11. The Morgan fingerprint density at radius 2 is 1.15 bits per heavy atom. The fourth-order valence-corrected chi connectivity index (χ4v) is 6.43. The molecule has 0 saturated carbocycles. The van der Waals surface area contributed by atoms with Gasteiger partial charge in [-0.2, -0.15) is 20.5 Å². The fourth-order valence-electron chi connectivity index (χ4n) is 5.74. The zero-order valence-corrected chi connectivity index (χ0v) is 37.9. The summed E-state index contributed by atoms with van der Waals surface area (Å²) in [5.41, 5.74) is -1.03. The molecule has 295 valence electrons. The van der Waals surface area contributed by atoms with Crippen LogP contribution in [0.25, 0.3) is 32.3 Å². The van der Waals surface area contributed by atoms with Gasteiger partial charge in [-0.3, -0.25) is 25.0 Å². The van der Waals surface area contributed by atoms with Crippen LogP contribution < -0.4 is 84.9 Å². The predicted octanol–water partition coefficient (Wildman–Crippen LogP) is 0.642. The Bertz CT molecular complexity index is 3030. The number of hydrogen-bond acceptors (Lipinski definition) is 16. The molecule has 23 heteroatoms. The minimum atomic E-state index is -5.11. The van der Waals surface area contributed by atoms with E-state index in [4.69, 9.17) is 0 Å². The van der Waals surface area contributed by atoms with Gasteiger partial charge in [-0.1, -0.05) is 83.7 Å². The van der Waals surface area contributed by atoms with Gasteiger partial charge in [0.1, 0.15) is 10.1 Å². The number of nitrogens with zero attached hydrogens (tertiary/aromatic N) is 6. The van der Waals surface area contributed by atoms with Gasteiger partial charge in [-0.25, -0.2) is 8.42 Å². The van der Waals surface area contributed by atoms with E-state index in [2.05, 4.69) is 25.8 Å². The van der Waals surface area contributed by atoms with E-state index in [1.165, 1.54) is 19.1 Å². The van der Waals surface area contributed by atoms with Crippen molar-refractivity contribution in [2.24, 2.45) is 20.5 Å². The predicted molar refractivity (Wildman–Crippen MR) is 200 cm³/mol. The molecule has 1 N–H and O–H groups in total. The number of benzene rings is 7. The minimum Gasteiger partial charge on any atom is -0.871 e. The first-order valence-electron chi connectivity index (χ1n) is 16.4. The van der Waals surface area contributed by atoms with Gasteiger partial charge in [-0.05, 0) is 35.0 Å². The summed E-state index contributed by atoms with van der Waals surface area (Å²) in [6.45, 7) is 1.33. The van der Waals surface area contributed by atoms with Crippen LogP contribution in [-0.4, -0.2) is 28.7 Å². The molecule has 1 radical (unpaired) electrons. The van der Waals surface area contributed by atoms with E-state index in [1.807, 2.05) is 0 Å². The van der Waals surface area contributed by atoms with Gasteiger partial charge in [0, 0.05) is 52.7 Å². The average Bonchev–Trinajstić information content (AvgIpc) is 3.17. The standard InChI is InChI=1S/C20H13N3O7S.C18H14N4O5.Cr.2Na/c24-16-8-5-11-3-1-2-4-13(11)19(16)21-22-20-14-7-6-12(23(26)27)9-15(14)18(10-17(20)25)31(28,29)30;1-10(23)19-14-4-2-3-11-5-8-15(24)18(17(11)14)21-20-13-7-6-12(22(26)27)9-16(13)25;;;/h1-10,24-25H,(H,28,29,30);2-9,24-25H,1H3,(H,19,23);;;/q;;+3;2*+1/p-5. The zero-order valence-electron chi connectivity index (χ0n) is 31.8. The van der Waals surface area contributed by atoms with Gasteiger partial charge in [-0.15, -0.1) is 0 Å². The molecule has 0 fully saturated rings. The summed E-state index contributed by atoms with van der Waals surface area (Å²) in [6, 6.07) is 24.4. The van der Waals surface area contributed by atoms with E-state index in [1.54, 1.807) is 54.6 Å².